The highest BCUT2D eigenvalue weighted by Crippen LogP contribution is 2.36. The second-order valence-electron chi connectivity index (χ2n) is 7.71. The summed E-state index contributed by atoms with van der Waals surface area (Å²) in [6.45, 7) is 2.32. The Bertz CT molecular complexity index is 782. The van der Waals surface area contributed by atoms with Crippen LogP contribution in [0.25, 0.3) is 11.4 Å². The third-order valence-corrected chi connectivity index (χ3v) is 6.60. The molecule has 0 aliphatic heterocycles. The van der Waals surface area contributed by atoms with Crippen molar-refractivity contribution in [3.63, 3.8) is 0 Å². The van der Waals surface area contributed by atoms with E-state index >= 15 is 0 Å². The summed E-state index contributed by atoms with van der Waals surface area (Å²) in [5.74, 6) is 2.13. The van der Waals surface area contributed by atoms with Crippen LogP contribution in [0.2, 0.25) is 5.02 Å². The number of halogens is 1. The van der Waals surface area contributed by atoms with Gasteiger partial charge in [-0.05, 0) is 68.7 Å². The van der Waals surface area contributed by atoms with E-state index in [1.165, 1.54) is 24.6 Å². The number of amides is 1. The Morgan fingerprint density at radius 3 is 2.41 bits per heavy atom. The lowest BCUT2D eigenvalue weighted by Crippen LogP contribution is -2.44. The smallest absolute Gasteiger partial charge is 0.233 e. The van der Waals surface area contributed by atoms with Gasteiger partial charge in [-0.2, -0.15) is 0 Å². The maximum Gasteiger partial charge on any atom is 0.233 e. The molecule has 1 N–H and O–H groups in total. The molecule has 1 aromatic carbocycles. The first-order valence-electron chi connectivity index (χ1n) is 9.72. The summed E-state index contributed by atoms with van der Waals surface area (Å²) in [5, 5.41) is 8.50. The van der Waals surface area contributed by atoms with Gasteiger partial charge in [0, 0.05) is 22.7 Å². The third kappa shape index (κ3) is 4.66. The Labute approximate surface area is 169 Å². The number of nitrogens with one attached hydrogen (secondary N) is 1. The fourth-order valence-electron chi connectivity index (χ4n) is 3.83. The van der Waals surface area contributed by atoms with Gasteiger partial charge in [-0.1, -0.05) is 30.3 Å². The van der Waals surface area contributed by atoms with Gasteiger partial charge in [-0.15, -0.1) is 5.10 Å². The summed E-state index contributed by atoms with van der Waals surface area (Å²) >= 11 is 7.34. The maximum atomic E-state index is 12.9. The van der Waals surface area contributed by atoms with E-state index in [1.54, 1.807) is 0 Å². The molecule has 0 atom stereocenters. The fourth-order valence-corrected chi connectivity index (χ4v) is 4.62. The minimum absolute atomic E-state index is 0.236. The second-order valence-corrected chi connectivity index (χ2v) is 9.09. The first-order valence-corrected chi connectivity index (χ1v) is 11.1. The second kappa shape index (κ2) is 8.23. The van der Waals surface area contributed by atoms with E-state index in [-0.39, 0.29) is 5.91 Å². The van der Waals surface area contributed by atoms with Crippen LogP contribution < -0.4 is 0 Å². The molecule has 0 radical (unpaired) electrons. The van der Waals surface area contributed by atoms with Crippen LogP contribution in [0.1, 0.15) is 45.4 Å². The number of H-pyrrole nitrogens is 1. The molecule has 144 valence electrons. The number of carbonyl (C=O) groups excluding carboxylic acids is 1. The van der Waals surface area contributed by atoms with Crippen molar-refractivity contribution in [2.24, 2.45) is 5.92 Å². The van der Waals surface area contributed by atoms with Crippen LogP contribution in [0.3, 0.4) is 0 Å². The maximum absolute atomic E-state index is 12.9. The van der Waals surface area contributed by atoms with Crippen LogP contribution in [0.15, 0.2) is 29.4 Å². The van der Waals surface area contributed by atoms with Crippen molar-refractivity contribution in [3.8, 4) is 11.4 Å². The molecule has 2 saturated carbocycles. The molecule has 7 heteroatoms. The average Bonchev–Trinajstić information content (AvgIpc) is 3.39. The van der Waals surface area contributed by atoms with Crippen molar-refractivity contribution >= 4 is 29.3 Å². The standard InChI is InChI=1S/C20H25ClN4OS/c1-13-2-8-16(9-3-13)25(17-10-11-17)18(26)12-27-20-22-19(23-24-20)14-4-6-15(21)7-5-14/h4-7,13,16-17H,2-3,8-12H2,1H3,(H,22,23,24). The van der Waals surface area contributed by atoms with Crippen molar-refractivity contribution in [1.82, 2.24) is 20.1 Å². The van der Waals surface area contributed by atoms with Crippen LogP contribution in [0.5, 0.6) is 0 Å². The van der Waals surface area contributed by atoms with Gasteiger partial charge in [0.2, 0.25) is 11.1 Å². The summed E-state index contributed by atoms with van der Waals surface area (Å²) in [4.78, 5) is 19.6. The van der Waals surface area contributed by atoms with Gasteiger partial charge >= 0.3 is 0 Å². The summed E-state index contributed by atoms with van der Waals surface area (Å²) in [6, 6.07) is 8.36. The Morgan fingerprint density at radius 1 is 1.15 bits per heavy atom. The van der Waals surface area contributed by atoms with Gasteiger partial charge in [0.25, 0.3) is 0 Å². The molecule has 0 unspecified atom stereocenters. The summed E-state index contributed by atoms with van der Waals surface area (Å²) in [7, 11) is 0. The molecule has 5 nitrogen and oxygen atoms in total. The van der Waals surface area contributed by atoms with Gasteiger partial charge < -0.3 is 4.90 Å². The topological polar surface area (TPSA) is 61.9 Å². The number of carbonyl (C=O) groups is 1. The van der Waals surface area contributed by atoms with Gasteiger partial charge in [-0.25, -0.2) is 4.98 Å². The monoisotopic (exact) mass is 404 g/mol. The quantitative estimate of drug-likeness (QED) is 0.703. The molecular weight excluding hydrogens is 380 g/mol. The minimum atomic E-state index is 0.236. The van der Waals surface area contributed by atoms with Gasteiger partial charge in [0.05, 0.1) is 5.75 Å². The van der Waals surface area contributed by atoms with Crippen molar-refractivity contribution in [2.45, 2.75) is 62.7 Å². The lowest BCUT2D eigenvalue weighted by molar-refractivity contribution is -0.132. The molecule has 1 amide bonds. The molecule has 0 saturated heterocycles. The first kappa shape index (κ1) is 18.8. The Hall–Kier alpha value is -1.53. The van der Waals surface area contributed by atoms with E-state index in [0.29, 0.717) is 33.8 Å². The number of nitrogens with zero attached hydrogens (tertiary/aromatic N) is 3. The van der Waals surface area contributed by atoms with Crippen LogP contribution >= 0.6 is 23.4 Å². The predicted octanol–water partition coefficient (Wildman–Crippen LogP) is 4.79. The summed E-state index contributed by atoms with van der Waals surface area (Å²) in [5.41, 5.74) is 0.931. The number of hydrogen-bond donors (Lipinski definition) is 1. The van der Waals surface area contributed by atoms with Crippen LogP contribution in [0, 0.1) is 5.92 Å². The molecule has 2 aliphatic carbocycles. The van der Waals surface area contributed by atoms with Crippen LogP contribution in [-0.4, -0.2) is 43.8 Å². The largest absolute Gasteiger partial charge is 0.336 e. The van der Waals surface area contributed by atoms with E-state index in [0.717, 1.165) is 37.2 Å². The molecule has 27 heavy (non-hydrogen) atoms. The SMILES string of the molecule is CC1CCC(N(C(=O)CSc2n[nH]c(-c3ccc(Cl)cc3)n2)C2CC2)CC1. The number of aromatic nitrogens is 3. The molecular formula is C20H25ClN4OS. The Morgan fingerprint density at radius 2 is 1.78 bits per heavy atom. The molecule has 2 aromatic rings. The number of rotatable bonds is 6. The average molecular weight is 405 g/mol. The lowest BCUT2D eigenvalue weighted by atomic mass is 9.86. The molecule has 2 aliphatic rings. The summed E-state index contributed by atoms with van der Waals surface area (Å²) in [6.07, 6.45) is 7.08. The fraction of sp³-hybridized carbons (Fsp3) is 0.550. The van der Waals surface area contributed by atoms with E-state index < -0.39 is 0 Å². The molecule has 1 aromatic heterocycles. The number of aromatic amines is 1. The third-order valence-electron chi connectivity index (χ3n) is 5.51. The number of hydrogen-bond acceptors (Lipinski definition) is 4. The molecule has 2 fully saturated rings. The van der Waals surface area contributed by atoms with E-state index in [9.17, 15) is 4.79 Å². The normalized spacial score (nSPS) is 22.6. The predicted molar refractivity (Wildman–Crippen MR) is 109 cm³/mol. The van der Waals surface area contributed by atoms with Gasteiger partial charge in [0.15, 0.2) is 5.82 Å². The Balaban J connectivity index is 1.36. The van der Waals surface area contributed by atoms with Crippen LogP contribution in [0.4, 0.5) is 0 Å². The molecule has 1 heterocycles. The van der Waals surface area contributed by atoms with Crippen molar-refractivity contribution in [3.05, 3.63) is 29.3 Å². The highest BCUT2D eigenvalue weighted by Gasteiger charge is 2.38. The van der Waals surface area contributed by atoms with Gasteiger partial charge in [-0.3, -0.25) is 9.89 Å². The number of thioether (sulfide) groups is 1. The molecule has 0 spiro atoms. The minimum Gasteiger partial charge on any atom is -0.336 e. The summed E-state index contributed by atoms with van der Waals surface area (Å²) < 4.78 is 0. The zero-order chi connectivity index (χ0) is 18.8. The van der Waals surface area contributed by atoms with Crippen LogP contribution in [-0.2, 0) is 4.79 Å². The Kier molecular flexibility index (Phi) is 5.74. The first-order chi connectivity index (χ1) is 13.1. The highest BCUT2D eigenvalue weighted by atomic mass is 35.5. The molecule has 0 bridgehead atoms. The van der Waals surface area contributed by atoms with E-state index in [4.69, 9.17) is 11.6 Å². The highest BCUT2D eigenvalue weighted by molar-refractivity contribution is 7.99. The van der Waals surface area contributed by atoms with E-state index in [1.807, 2.05) is 24.3 Å². The zero-order valence-corrected chi connectivity index (χ0v) is 17.1. The van der Waals surface area contributed by atoms with Crippen molar-refractivity contribution in [2.75, 3.05) is 5.75 Å². The van der Waals surface area contributed by atoms with Gasteiger partial charge in [0.1, 0.15) is 0 Å². The van der Waals surface area contributed by atoms with Crippen molar-refractivity contribution in [1.29, 1.82) is 0 Å². The lowest BCUT2D eigenvalue weighted by Gasteiger charge is -2.36. The molecule has 4 rings (SSSR count). The van der Waals surface area contributed by atoms with E-state index in [2.05, 4.69) is 27.0 Å². The number of benzene rings is 1. The zero-order valence-electron chi connectivity index (χ0n) is 15.5. The van der Waals surface area contributed by atoms with Crippen molar-refractivity contribution < 1.29 is 4.79 Å².